The van der Waals surface area contributed by atoms with Crippen LogP contribution >= 0.6 is 0 Å². The maximum atomic E-state index is 13.8. The largest absolute Gasteiger partial charge is 0.322 e. The van der Waals surface area contributed by atoms with Crippen molar-refractivity contribution in [1.29, 1.82) is 0 Å². The normalized spacial score (nSPS) is 10.6. The van der Waals surface area contributed by atoms with Gasteiger partial charge in [-0.3, -0.25) is 9.59 Å². The summed E-state index contributed by atoms with van der Waals surface area (Å²) in [4.78, 5) is 25.9. The topological polar surface area (TPSA) is 49.4 Å². The van der Waals surface area contributed by atoms with Crippen molar-refractivity contribution in [3.63, 3.8) is 0 Å². The van der Waals surface area contributed by atoms with Gasteiger partial charge in [0.05, 0.1) is 11.4 Å². The lowest BCUT2D eigenvalue weighted by Gasteiger charge is -2.26. The van der Waals surface area contributed by atoms with Gasteiger partial charge in [-0.05, 0) is 36.1 Å². The average Bonchev–Trinajstić information content (AvgIpc) is 2.65. The second-order valence-electron chi connectivity index (χ2n) is 6.01. The molecule has 0 atom stereocenters. The lowest BCUT2D eigenvalue weighted by Crippen LogP contribution is -2.38. The van der Waals surface area contributed by atoms with Gasteiger partial charge in [-0.2, -0.15) is 0 Å². The predicted molar refractivity (Wildman–Crippen MR) is 98.2 cm³/mol. The summed E-state index contributed by atoms with van der Waals surface area (Å²) in [5.41, 5.74) is 1.96. The third kappa shape index (κ3) is 4.48. The van der Waals surface area contributed by atoms with Gasteiger partial charge in [0, 0.05) is 6.92 Å². The fraction of sp³-hybridized carbons (Fsp3) is 0.300. The molecule has 0 aliphatic rings. The Morgan fingerprint density at radius 2 is 1.56 bits per heavy atom. The van der Waals surface area contributed by atoms with Gasteiger partial charge in [0.25, 0.3) is 0 Å². The molecule has 7 heteroatoms. The first-order valence-corrected chi connectivity index (χ1v) is 8.62. The maximum Gasteiger partial charge on any atom is 0.244 e. The van der Waals surface area contributed by atoms with Gasteiger partial charge < -0.3 is 10.2 Å². The van der Waals surface area contributed by atoms with E-state index in [4.69, 9.17) is 0 Å². The quantitative estimate of drug-likeness (QED) is 0.765. The van der Waals surface area contributed by atoms with Crippen molar-refractivity contribution in [3.8, 4) is 0 Å². The SMILES string of the molecule is CCc1cccc(CC)c1N(CC(=O)Nc1ccc(F)c(F)c1F)C(C)=O. The number of benzene rings is 2. The highest BCUT2D eigenvalue weighted by Crippen LogP contribution is 2.27. The number of aryl methyl sites for hydroxylation is 2. The highest BCUT2D eigenvalue weighted by Gasteiger charge is 2.22. The molecule has 2 aromatic rings. The molecule has 27 heavy (non-hydrogen) atoms. The van der Waals surface area contributed by atoms with Crippen LogP contribution in [0.15, 0.2) is 30.3 Å². The summed E-state index contributed by atoms with van der Waals surface area (Å²) in [6.07, 6.45) is 1.32. The van der Waals surface area contributed by atoms with E-state index >= 15 is 0 Å². The molecule has 1 N–H and O–H groups in total. The van der Waals surface area contributed by atoms with Crippen molar-refractivity contribution >= 4 is 23.2 Å². The number of halogens is 3. The first-order valence-electron chi connectivity index (χ1n) is 8.62. The number of nitrogens with zero attached hydrogens (tertiary/aromatic N) is 1. The van der Waals surface area contributed by atoms with Crippen LogP contribution in [0, 0.1) is 17.5 Å². The van der Waals surface area contributed by atoms with Crippen molar-refractivity contribution in [2.24, 2.45) is 0 Å². The number of para-hydroxylation sites is 1. The Morgan fingerprint density at radius 3 is 2.07 bits per heavy atom. The van der Waals surface area contributed by atoms with Crippen LogP contribution in [-0.4, -0.2) is 18.4 Å². The van der Waals surface area contributed by atoms with Crippen LogP contribution in [0.4, 0.5) is 24.5 Å². The van der Waals surface area contributed by atoms with Crippen LogP contribution in [-0.2, 0) is 22.4 Å². The Morgan fingerprint density at radius 1 is 0.963 bits per heavy atom. The van der Waals surface area contributed by atoms with E-state index in [1.54, 1.807) is 0 Å². The second-order valence-corrected chi connectivity index (χ2v) is 6.01. The van der Waals surface area contributed by atoms with E-state index in [1.807, 2.05) is 32.0 Å². The van der Waals surface area contributed by atoms with E-state index in [1.165, 1.54) is 11.8 Å². The summed E-state index contributed by atoms with van der Waals surface area (Å²) < 4.78 is 40.1. The zero-order chi connectivity index (χ0) is 20.1. The van der Waals surface area contributed by atoms with E-state index in [-0.39, 0.29) is 12.5 Å². The molecule has 0 aromatic heterocycles. The molecule has 0 unspecified atom stereocenters. The number of carbonyl (C=O) groups is 2. The van der Waals surface area contributed by atoms with Crippen LogP contribution in [0.3, 0.4) is 0 Å². The molecular formula is C20H21F3N2O2. The van der Waals surface area contributed by atoms with Gasteiger partial charge in [0.15, 0.2) is 17.5 Å². The van der Waals surface area contributed by atoms with Gasteiger partial charge in [-0.15, -0.1) is 0 Å². The summed E-state index contributed by atoms with van der Waals surface area (Å²) in [5.74, 6) is -5.57. The van der Waals surface area contributed by atoms with Crippen LogP contribution in [0.25, 0.3) is 0 Å². The molecule has 2 aromatic carbocycles. The lowest BCUT2D eigenvalue weighted by molar-refractivity contribution is -0.120. The van der Waals surface area contributed by atoms with Crippen LogP contribution in [0.5, 0.6) is 0 Å². The molecule has 0 saturated heterocycles. The maximum absolute atomic E-state index is 13.8. The summed E-state index contributed by atoms with van der Waals surface area (Å²) >= 11 is 0. The Hall–Kier alpha value is -2.83. The smallest absolute Gasteiger partial charge is 0.244 e. The molecule has 2 rings (SSSR count). The fourth-order valence-corrected chi connectivity index (χ4v) is 2.87. The highest BCUT2D eigenvalue weighted by atomic mass is 19.2. The molecule has 0 heterocycles. The van der Waals surface area contributed by atoms with E-state index in [9.17, 15) is 22.8 Å². The van der Waals surface area contributed by atoms with Crippen molar-refractivity contribution < 1.29 is 22.8 Å². The molecule has 144 valence electrons. The molecule has 0 radical (unpaired) electrons. The number of rotatable bonds is 6. The van der Waals surface area contributed by atoms with Crippen molar-refractivity contribution in [3.05, 3.63) is 58.9 Å². The number of anilines is 2. The van der Waals surface area contributed by atoms with Crippen LogP contribution < -0.4 is 10.2 Å². The van der Waals surface area contributed by atoms with Gasteiger partial charge in [0.1, 0.15) is 6.54 Å². The molecule has 0 aliphatic heterocycles. The number of nitrogens with one attached hydrogen (secondary N) is 1. The van der Waals surface area contributed by atoms with E-state index in [0.29, 0.717) is 18.5 Å². The van der Waals surface area contributed by atoms with Crippen molar-refractivity contribution in [1.82, 2.24) is 0 Å². The molecule has 0 fully saturated rings. The first-order chi connectivity index (χ1) is 12.8. The van der Waals surface area contributed by atoms with Gasteiger partial charge in [0.2, 0.25) is 11.8 Å². The minimum absolute atomic E-state index is 0.355. The average molecular weight is 378 g/mol. The Balaban J connectivity index is 2.32. The number of hydrogen-bond donors (Lipinski definition) is 1. The standard InChI is InChI=1S/C20H21F3N2O2/c1-4-13-7-6-8-14(5-2)20(13)25(12(3)26)11-17(27)24-16-10-9-15(21)18(22)19(16)23/h6-10H,4-5,11H2,1-3H3,(H,24,27). The highest BCUT2D eigenvalue weighted by molar-refractivity contribution is 6.02. The molecule has 0 bridgehead atoms. The molecule has 4 nitrogen and oxygen atoms in total. The number of carbonyl (C=O) groups excluding carboxylic acids is 2. The minimum Gasteiger partial charge on any atom is -0.322 e. The number of hydrogen-bond acceptors (Lipinski definition) is 2. The fourth-order valence-electron chi connectivity index (χ4n) is 2.87. The molecule has 0 aliphatic carbocycles. The zero-order valence-electron chi connectivity index (χ0n) is 15.4. The molecule has 0 saturated carbocycles. The first kappa shape index (κ1) is 20.5. The van der Waals surface area contributed by atoms with E-state index in [0.717, 1.165) is 23.3 Å². The molecule has 2 amide bonds. The third-order valence-corrected chi connectivity index (χ3v) is 4.23. The number of amides is 2. The molecular weight excluding hydrogens is 357 g/mol. The monoisotopic (exact) mass is 378 g/mol. The van der Waals surface area contributed by atoms with Gasteiger partial charge in [-0.1, -0.05) is 32.0 Å². The molecule has 0 spiro atoms. The summed E-state index contributed by atoms with van der Waals surface area (Å²) in [6, 6.07) is 7.28. The summed E-state index contributed by atoms with van der Waals surface area (Å²) in [6.45, 7) is 4.83. The van der Waals surface area contributed by atoms with Crippen LogP contribution in [0.2, 0.25) is 0 Å². The third-order valence-electron chi connectivity index (χ3n) is 4.23. The Bertz CT molecular complexity index is 846. The van der Waals surface area contributed by atoms with Gasteiger partial charge >= 0.3 is 0 Å². The van der Waals surface area contributed by atoms with Gasteiger partial charge in [-0.25, -0.2) is 13.2 Å². The second kappa shape index (κ2) is 8.70. The van der Waals surface area contributed by atoms with E-state index in [2.05, 4.69) is 5.32 Å². The lowest BCUT2D eigenvalue weighted by atomic mass is 10.0. The van der Waals surface area contributed by atoms with Crippen LogP contribution in [0.1, 0.15) is 31.9 Å². The van der Waals surface area contributed by atoms with Crippen molar-refractivity contribution in [2.75, 3.05) is 16.8 Å². The minimum atomic E-state index is -1.67. The van der Waals surface area contributed by atoms with E-state index < -0.39 is 29.0 Å². The Kier molecular flexibility index (Phi) is 6.60. The zero-order valence-corrected chi connectivity index (χ0v) is 15.4. The summed E-state index contributed by atoms with van der Waals surface area (Å²) in [7, 11) is 0. The van der Waals surface area contributed by atoms with Crippen molar-refractivity contribution in [2.45, 2.75) is 33.6 Å². The predicted octanol–water partition coefficient (Wildman–Crippen LogP) is 4.22. The summed E-state index contributed by atoms with van der Waals surface area (Å²) in [5, 5.41) is 2.19. The Labute approximate surface area is 156 Å².